The van der Waals surface area contributed by atoms with E-state index < -0.39 is 0 Å². The van der Waals surface area contributed by atoms with Crippen LogP contribution in [-0.4, -0.2) is 33.8 Å². The Morgan fingerprint density at radius 3 is 2.96 bits per heavy atom. The molecule has 1 N–H and O–H groups in total. The van der Waals surface area contributed by atoms with E-state index in [0.29, 0.717) is 24.0 Å². The number of aromatic nitrogens is 3. The smallest absolute Gasteiger partial charge is 0.270 e. The Morgan fingerprint density at radius 2 is 2.22 bits per heavy atom. The van der Waals surface area contributed by atoms with Crippen LogP contribution in [0.1, 0.15) is 40.1 Å². The molecule has 3 aromatic rings. The summed E-state index contributed by atoms with van der Waals surface area (Å²) < 4.78 is 7.36. The molecule has 4 heterocycles. The Hall–Kier alpha value is -3.09. The van der Waals surface area contributed by atoms with Crippen LogP contribution in [0.5, 0.6) is 0 Å². The molecule has 1 aliphatic heterocycles. The number of hydrogen-bond acceptors (Lipinski definition) is 5. The maximum Gasteiger partial charge on any atom is 0.270 e. The Labute approximate surface area is 158 Å². The average Bonchev–Trinajstić information content (AvgIpc) is 3.41. The van der Waals surface area contributed by atoms with Crippen LogP contribution in [0.15, 0.2) is 47.2 Å². The molecule has 0 bridgehead atoms. The second-order valence-electron chi connectivity index (χ2n) is 6.92. The van der Waals surface area contributed by atoms with Gasteiger partial charge in [0.2, 0.25) is 0 Å². The molecule has 0 spiro atoms. The fraction of sp³-hybridized carbons (Fsp3) is 0.350. The summed E-state index contributed by atoms with van der Waals surface area (Å²) in [5.74, 6) is 0.509. The lowest BCUT2D eigenvalue weighted by atomic mass is 10.2. The Kier molecular flexibility index (Phi) is 4.66. The number of nitrogens with zero attached hydrogens (tertiary/aromatic N) is 4. The zero-order valence-corrected chi connectivity index (χ0v) is 15.6. The molecule has 1 unspecified atom stereocenters. The number of nitrogens with one attached hydrogen (secondary N) is 1. The Morgan fingerprint density at radius 1 is 1.33 bits per heavy atom. The van der Waals surface area contributed by atoms with E-state index in [9.17, 15) is 4.79 Å². The third kappa shape index (κ3) is 3.72. The van der Waals surface area contributed by atoms with Crippen molar-refractivity contribution < 1.29 is 9.21 Å². The molecule has 1 fully saturated rings. The zero-order chi connectivity index (χ0) is 18.8. The van der Waals surface area contributed by atoms with Gasteiger partial charge in [0, 0.05) is 30.7 Å². The maximum absolute atomic E-state index is 12.4. The van der Waals surface area contributed by atoms with Crippen molar-refractivity contribution in [3.63, 3.8) is 0 Å². The highest BCUT2D eigenvalue weighted by molar-refractivity contribution is 5.93. The minimum absolute atomic E-state index is 0.206. The highest BCUT2D eigenvalue weighted by atomic mass is 16.3. The average molecular weight is 365 g/mol. The molecule has 7 nitrogen and oxygen atoms in total. The fourth-order valence-corrected chi connectivity index (χ4v) is 3.60. The number of rotatable bonds is 5. The largest absolute Gasteiger partial charge is 0.467 e. The van der Waals surface area contributed by atoms with Gasteiger partial charge in [-0.2, -0.15) is 5.10 Å². The summed E-state index contributed by atoms with van der Waals surface area (Å²) in [5, 5.41) is 7.46. The lowest BCUT2D eigenvalue weighted by Gasteiger charge is -2.19. The van der Waals surface area contributed by atoms with Crippen molar-refractivity contribution in [1.29, 1.82) is 0 Å². The first kappa shape index (κ1) is 17.3. The highest BCUT2D eigenvalue weighted by Gasteiger charge is 2.26. The van der Waals surface area contributed by atoms with Crippen LogP contribution in [0.25, 0.3) is 0 Å². The summed E-state index contributed by atoms with van der Waals surface area (Å²) in [4.78, 5) is 18.9. The quantitative estimate of drug-likeness (QED) is 0.752. The van der Waals surface area contributed by atoms with Gasteiger partial charge in [0.15, 0.2) is 0 Å². The molecule has 0 saturated carbocycles. The molecule has 0 aromatic carbocycles. The van der Waals surface area contributed by atoms with E-state index in [1.165, 1.54) is 5.69 Å². The Balaban J connectivity index is 1.43. The van der Waals surface area contributed by atoms with Gasteiger partial charge in [0.25, 0.3) is 5.91 Å². The van der Waals surface area contributed by atoms with Crippen LogP contribution in [0.2, 0.25) is 0 Å². The molecule has 0 radical (unpaired) electrons. The van der Waals surface area contributed by atoms with E-state index in [1.54, 1.807) is 18.5 Å². The molecule has 140 valence electrons. The van der Waals surface area contributed by atoms with Crippen molar-refractivity contribution in [2.45, 2.75) is 32.9 Å². The van der Waals surface area contributed by atoms with Crippen molar-refractivity contribution in [2.75, 3.05) is 18.0 Å². The molecule has 4 rings (SSSR count). The predicted octanol–water partition coefficient (Wildman–Crippen LogP) is 2.87. The third-order valence-corrected chi connectivity index (χ3v) is 4.90. The van der Waals surface area contributed by atoms with Gasteiger partial charge in [-0.3, -0.25) is 14.5 Å². The van der Waals surface area contributed by atoms with Crippen molar-refractivity contribution in [2.24, 2.45) is 0 Å². The molecular weight excluding hydrogens is 342 g/mol. The van der Waals surface area contributed by atoms with Gasteiger partial charge in [0.1, 0.15) is 11.5 Å². The first-order valence-electron chi connectivity index (χ1n) is 9.14. The number of furan rings is 1. The van der Waals surface area contributed by atoms with E-state index >= 15 is 0 Å². The third-order valence-electron chi connectivity index (χ3n) is 4.90. The van der Waals surface area contributed by atoms with E-state index in [4.69, 9.17) is 4.42 Å². The van der Waals surface area contributed by atoms with E-state index in [1.807, 2.05) is 25.1 Å². The molecule has 3 aromatic heterocycles. The summed E-state index contributed by atoms with van der Waals surface area (Å²) in [6.07, 6.45) is 4.31. The monoisotopic (exact) mass is 365 g/mol. The summed E-state index contributed by atoms with van der Waals surface area (Å²) >= 11 is 0. The zero-order valence-electron chi connectivity index (χ0n) is 15.6. The van der Waals surface area contributed by atoms with Crippen LogP contribution in [0.3, 0.4) is 0 Å². The maximum atomic E-state index is 12.4. The predicted molar refractivity (Wildman–Crippen MR) is 102 cm³/mol. The fourth-order valence-electron chi connectivity index (χ4n) is 3.60. The molecule has 0 aliphatic carbocycles. The first-order valence-corrected chi connectivity index (χ1v) is 9.14. The minimum Gasteiger partial charge on any atom is -0.467 e. The van der Waals surface area contributed by atoms with Crippen molar-refractivity contribution in [1.82, 2.24) is 20.1 Å². The van der Waals surface area contributed by atoms with Crippen LogP contribution >= 0.6 is 0 Å². The summed E-state index contributed by atoms with van der Waals surface area (Å²) in [6, 6.07) is 9.88. The number of carbonyl (C=O) groups is 1. The van der Waals surface area contributed by atoms with Gasteiger partial charge in [-0.05, 0) is 50.6 Å². The molecule has 1 atom stereocenters. The van der Waals surface area contributed by atoms with Crippen LogP contribution < -0.4 is 10.2 Å². The first-order chi connectivity index (χ1) is 13.1. The Bertz CT molecular complexity index is 932. The number of pyridine rings is 1. The standard InChI is InChI=1S/C20H23N5O2/c1-14-10-15(2)25(23-14)17-6-8-24(13-17)16-5-7-21-19(11-16)20(26)22-12-18-4-3-9-27-18/h3-5,7,9-11,17H,6,8,12-13H2,1-2H3,(H,22,26). The number of hydrogen-bond donors (Lipinski definition) is 1. The number of anilines is 1. The highest BCUT2D eigenvalue weighted by Crippen LogP contribution is 2.27. The molecule has 1 saturated heterocycles. The second-order valence-corrected chi connectivity index (χ2v) is 6.92. The summed E-state index contributed by atoms with van der Waals surface area (Å²) in [5.41, 5.74) is 3.66. The van der Waals surface area contributed by atoms with Crippen molar-refractivity contribution in [3.8, 4) is 0 Å². The lowest BCUT2D eigenvalue weighted by Crippen LogP contribution is -2.25. The summed E-state index contributed by atoms with van der Waals surface area (Å²) in [6.45, 7) is 6.27. The van der Waals surface area contributed by atoms with Gasteiger partial charge in [0.05, 0.1) is 24.5 Å². The van der Waals surface area contributed by atoms with Crippen molar-refractivity contribution in [3.05, 3.63) is 65.6 Å². The van der Waals surface area contributed by atoms with Gasteiger partial charge < -0.3 is 14.6 Å². The molecule has 27 heavy (non-hydrogen) atoms. The molecular formula is C20H23N5O2. The van der Waals surface area contributed by atoms with Crippen LogP contribution in [-0.2, 0) is 6.54 Å². The normalized spacial score (nSPS) is 16.7. The minimum atomic E-state index is -0.206. The number of amides is 1. The SMILES string of the molecule is Cc1cc(C)n(C2CCN(c3ccnc(C(=O)NCc4ccco4)c3)C2)n1. The van der Waals surface area contributed by atoms with Gasteiger partial charge in [-0.25, -0.2) is 0 Å². The van der Waals surface area contributed by atoms with Gasteiger partial charge in [-0.1, -0.05) is 0 Å². The topological polar surface area (TPSA) is 76.2 Å². The number of aryl methyl sites for hydroxylation is 2. The van der Waals surface area contributed by atoms with Crippen LogP contribution in [0.4, 0.5) is 5.69 Å². The molecule has 1 amide bonds. The summed E-state index contributed by atoms with van der Waals surface area (Å²) in [7, 11) is 0. The molecule has 7 heteroatoms. The van der Waals surface area contributed by atoms with E-state index in [-0.39, 0.29) is 5.91 Å². The van der Waals surface area contributed by atoms with Gasteiger partial charge >= 0.3 is 0 Å². The van der Waals surface area contributed by atoms with Gasteiger partial charge in [-0.15, -0.1) is 0 Å². The molecule has 1 aliphatic rings. The second kappa shape index (κ2) is 7.26. The van der Waals surface area contributed by atoms with Crippen molar-refractivity contribution >= 4 is 11.6 Å². The lowest BCUT2D eigenvalue weighted by molar-refractivity contribution is 0.0943. The number of carbonyl (C=O) groups excluding carboxylic acids is 1. The van der Waals surface area contributed by atoms with E-state index in [2.05, 4.69) is 38.0 Å². The van der Waals surface area contributed by atoms with Crippen LogP contribution in [0, 0.1) is 13.8 Å². The van der Waals surface area contributed by atoms with E-state index in [0.717, 1.165) is 30.9 Å².